The smallest absolute Gasteiger partial charge is 0.322 e. The number of anilines is 1. The molecular weight excluding hydrogens is 340 g/mol. The molecule has 1 heterocycles. The zero-order chi connectivity index (χ0) is 19.2. The van der Waals surface area contributed by atoms with Crippen molar-refractivity contribution in [2.24, 2.45) is 7.05 Å². The third kappa shape index (κ3) is 5.12. The summed E-state index contributed by atoms with van der Waals surface area (Å²) in [6.07, 6.45) is 4.87. The number of para-hydroxylation sites is 1. The molecular formula is C21H28N4O2. The quantitative estimate of drug-likeness (QED) is 0.776. The van der Waals surface area contributed by atoms with Crippen molar-refractivity contribution in [3.05, 3.63) is 54.4 Å². The van der Waals surface area contributed by atoms with Gasteiger partial charge in [-0.25, -0.2) is 4.79 Å². The molecule has 0 radical (unpaired) electrons. The fourth-order valence-corrected chi connectivity index (χ4v) is 3.14. The van der Waals surface area contributed by atoms with E-state index in [9.17, 15) is 9.59 Å². The van der Waals surface area contributed by atoms with Crippen molar-refractivity contribution in [1.29, 1.82) is 0 Å². The van der Waals surface area contributed by atoms with Gasteiger partial charge in [-0.2, -0.15) is 0 Å². The molecule has 0 aliphatic heterocycles. The number of hydrogen-bond donors (Lipinski definition) is 1. The molecule has 0 atom stereocenters. The summed E-state index contributed by atoms with van der Waals surface area (Å²) in [6.45, 7) is 3.25. The van der Waals surface area contributed by atoms with Gasteiger partial charge >= 0.3 is 6.03 Å². The zero-order valence-electron chi connectivity index (χ0n) is 16.1. The number of carbonyl (C=O) groups is 2. The lowest BCUT2D eigenvalue weighted by Crippen LogP contribution is -2.45. The summed E-state index contributed by atoms with van der Waals surface area (Å²) in [5.41, 5.74) is 1.84. The lowest BCUT2D eigenvalue weighted by molar-refractivity contribution is -0.133. The van der Waals surface area contributed by atoms with Crippen LogP contribution in [0, 0.1) is 0 Å². The van der Waals surface area contributed by atoms with Crippen molar-refractivity contribution in [3.8, 4) is 0 Å². The van der Waals surface area contributed by atoms with Gasteiger partial charge in [0.2, 0.25) is 5.91 Å². The fraction of sp³-hybridized carbons (Fsp3) is 0.429. The molecule has 1 saturated carbocycles. The van der Waals surface area contributed by atoms with Crippen LogP contribution in [0.25, 0.3) is 0 Å². The second kappa shape index (κ2) is 8.75. The maximum Gasteiger partial charge on any atom is 0.322 e. The highest BCUT2D eigenvalue weighted by molar-refractivity contribution is 5.92. The van der Waals surface area contributed by atoms with Crippen LogP contribution in [0.4, 0.5) is 10.5 Å². The van der Waals surface area contributed by atoms with E-state index in [0.717, 1.165) is 30.6 Å². The molecule has 27 heavy (non-hydrogen) atoms. The average molecular weight is 368 g/mol. The summed E-state index contributed by atoms with van der Waals surface area (Å²) in [5, 5.41) is 2.88. The van der Waals surface area contributed by atoms with Gasteiger partial charge in [-0.15, -0.1) is 0 Å². The summed E-state index contributed by atoms with van der Waals surface area (Å²) in [6, 6.07) is 13.4. The van der Waals surface area contributed by atoms with E-state index in [1.54, 1.807) is 4.90 Å². The van der Waals surface area contributed by atoms with Gasteiger partial charge in [-0.3, -0.25) is 4.79 Å². The number of rotatable bonds is 8. The zero-order valence-corrected chi connectivity index (χ0v) is 16.1. The van der Waals surface area contributed by atoms with E-state index in [-0.39, 0.29) is 18.5 Å². The second-order valence-corrected chi connectivity index (χ2v) is 7.08. The predicted octanol–water partition coefficient (Wildman–Crippen LogP) is 3.46. The molecule has 6 nitrogen and oxygen atoms in total. The minimum Gasteiger partial charge on any atom is -0.353 e. The van der Waals surface area contributed by atoms with Crippen LogP contribution in [-0.2, 0) is 18.4 Å². The Kier molecular flexibility index (Phi) is 6.16. The van der Waals surface area contributed by atoms with Crippen LogP contribution in [-0.4, -0.2) is 45.4 Å². The third-order valence-electron chi connectivity index (χ3n) is 4.82. The Hall–Kier alpha value is -2.76. The standard InChI is InChI=1S/C21H28N4O2/c1-3-13-24(21(27)22-17-8-5-4-6-9-17)16-20(26)25(18-11-12-18)15-19-10-7-14-23(19)2/h4-10,14,18H,3,11-13,15-16H2,1-2H3,(H,22,27). The van der Waals surface area contributed by atoms with Gasteiger partial charge < -0.3 is 19.7 Å². The molecule has 6 heteroatoms. The van der Waals surface area contributed by atoms with Crippen molar-refractivity contribution < 1.29 is 9.59 Å². The number of aromatic nitrogens is 1. The van der Waals surface area contributed by atoms with Gasteiger partial charge in [0.05, 0.1) is 6.54 Å². The van der Waals surface area contributed by atoms with Crippen LogP contribution >= 0.6 is 0 Å². The number of nitrogens with one attached hydrogen (secondary N) is 1. The molecule has 3 amide bonds. The predicted molar refractivity (Wildman–Crippen MR) is 106 cm³/mol. The summed E-state index contributed by atoms with van der Waals surface area (Å²) in [7, 11) is 1.99. The fourth-order valence-electron chi connectivity index (χ4n) is 3.14. The van der Waals surface area contributed by atoms with Crippen molar-refractivity contribution in [2.75, 3.05) is 18.4 Å². The Morgan fingerprint density at radius 2 is 1.89 bits per heavy atom. The molecule has 1 aromatic carbocycles. The second-order valence-electron chi connectivity index (χ2n) is 7.08. The Bertz CT molecular complexity index is 767. The van der Waals surface area contributed by atoms with E-state index in [1.165, 1.54) is 0 Å². The molecule has 2 aromatic rings. The maximum absolute atomic E-state index is 13.0. The lowest BCUT2D eigenvalue weighted by atomic mass is 10.3. The van der Waals surface area contributed by atoms with Crippen molar-refractivity contribution in [1.82, 2.24) is 14.4 Å². The van der Waals surface area contributed by atoms with Gasteiger partial charge in [0, 0.05) is 37.2 Å². The summed E-state index contributed by atoms with van der Waals surface area (Å²) in [5.74, 6) is 0.00959. The van der Waals surface area contributed by atoms with E-state index in [0.29, 0.717) is 19.1 Å². The van der Waals surface area contributed by atoms with Gasteiger partial charge in [0.15, 0.2) is 0 Å². The summed E-state index contributed by atoms with van der Waals surface area (Å²) >= 11 is 0. The number of hydrogen-bond acceptors (Lipinski definition) is 2. The number of urea groups is 1. The first-order chi connectivity index (χ1) is 13.1. The molecule has 1 fully saturated rings. The highest BCUT2D eigenvalue weighted by Crippen LogP contribution is 2.28. The lowest BCUT2D eigenvalue weighted by Gasteiger charge is -2.28. The molecule has 1 aromatic heterocycles. The molecule has 0 spiro atoms. The van der Waals surface area contributed by atoms with E-state index in [4.69, 9.17) is 0 Å². The van der Waals surface area contributed by atoms with Crippen LogP contribution in [0.15, 0.2) is 48.7 Å². The number of aryl methyl sites for hydroxylation is 1. The number of nitrogens with zero attached hydrogens (tertiary/aromatic N) is 3. The van der Waals surface area contributed by atoms with E-state index in [2.05, 4.69) is 5.32 Å². The van der Waals surface area contributed by atoms with Gasteiger partial charge in [0.1, 0.15) is 6.54 Å². The first kappa shape index (κ1) is 19.0. The van der Waals surface area contributed by atoms with Crippen LogP contribution in [0.5, 0.6) is 0 Å². The minimum atomic E-state index is -0.231. The van der Waals surface area contributed by atoms with Crippen LogP contribution in [0.2, 0.25) is 0 Å². The number of amides is 3. The molecule has 1 aliphatic carbocycles. The van der Waals surface area contributed by atoms with Crippen molar-refractivity contribution in [2.45, 2.75) is 38.8 Å². The molecule has 0 saturated heterocycles. The minimum absolute atomic E-state index is 0.00959. The topological polar surface area (TPSA) is 57.6 Å². The molecule has 144 valence electrons. The van der Waals surface area contributed by atoms with Crippen molar-refractivity contribution >= 4 is 17.6 Å². The van der Waals surface area contributed by atoms with E-state index < -0.39 is 0 Å². The Balaban J connectivity index is 1.65. The highest BCUT2D eigenvalue weighted by Gasteiger charge is 2.34. The van der Waals surface area contributed by atoms with Crippen molar-refractivity contribution in [3.63, 3.8) is 0 Å². The van der Waals surface area contributed by atoms with E-state index in [1.807, 2.05) is 72.1 Å². The molecule has 3 rings (SSSR count). The van der Waals surface area contributed by atoms with E-state index >= 15 is 0 Å². The number of carbonyl (C=O) groups excluding carboxylic acids is 2. The largest absolute Gasteiger partial charge is 0.353 e. The van der Waals surface area contributed by atoms with Crippen LogP contribution < -0.4 is 5.32 Å². The van der Waals surface area contributed by atoms with Gasteiger partial charge in [-0.1, -0.05) is 25.1 Å². The summed E-state index contributed by atoms with van der Waals surface area (Å²) < 4.78 is 2.04. The summed E-state index contributed by atoms with van der Waals surface area (Å²) in [4.78, 5) is 29.2. The van der Waals surface area contributed by atoms with Crippen LogP contribution in [0.3, 0.4) is 0 Å². The highest BCUT2D eigenvalue weighted by atomic mass is 16.2. The Morgan fingerprint density at radius 1 is 1.15 bits per heavy atom. The first-order valence-electron chi connectivity index (χ1n) is 9.59. The Morgan fingerprint density at radius 3 is 2.48 bits per heavy atom. The third-order valence-corrected chi connectivity index (χ3v) is 4.82. The molecule has 0 unspecified atom stereocenters. The maximum atomic E-state index is 13.0. The molecule has 1 N–H and O–H groups in total. The van der Waals surface area contributed by atoms with Gasteiger partial charge in [-0.05, 0) is 43.5 Å². The van der Waals surface area contributed by atoms with Crippen LogP contribution in [0.1, 0.15) is 31.9 Å². The normalized spacial score (nSPS) is 13.3. The SMILES string of the molecule is CCCN(CC(=O)N(Cc1cccn1C)C1CC1)C(=O)Nc1ccccc1. The molecule has 0 bridgehead atoms. The Labute approximate surface area is 160 Å². The monoisotopic (exact) mass is 368 g/mol. The molecule has 1 aliphatic rings. The van der Waals surface area contributed by atoms with Gasteiger partial charge in [0.25, 0.3) is 0 Å². The first-order valence-corrected chi connectivity index (χ1v) is 9.59. The average Bonchev–Trinajstić information content (AvgIpc) is 3.42. The number of benzene rings is 1.